The molecule has 0 aromatic heterocycles. The summed E-state index contributed by atoms with van der Waals surface area (Å²) in [7, 11) is 22.0. The van der Waals surface area contributed by atoms with Gasteiger partial charge in [0.15, 0.2) is 0 Å². The van der Waals surface area contributed by atoms with Crippen LogP contribution >= 0.6 is 176 Å². The lowest BCUT2D eigenvalue weighted by Gasteiger charge is -2.04. The van der Waals surface area contributed by atoms with Crippen molar-refractivity contribution in [1.82, 2.24) is 0 Å². The van der Waals surface area contributed by atoms with E-state index in [9.17, 15) is 0 Å². The van der Waals surface area contributed by atoms with Gasteiger partial charge < -0.3 is 0 Å². The maximum absolute atomic E-state index is 4.16. The van der Waals surface area contributed by atoms with Crippen molar-refractivity contribution in [2.24, 2.45) is 0 Å². The second kappa shape index (κ2) is 53.6. The normalized spacial score (nSPS) is 11.6. The minimum Gasteiger partial charge on any atom is -0.162 e. The average molecular weight is 978 g/mol. The summed E-state index contributed by atoms with van der Waals surface area (Å²) in [5, 5.41) is 1.23. The Morgan fingerprint density at radius 3 is 1.22 bits per heavy atom. The Labute approximate surface area is 371 Å². The first-order chi connectivity index (χ1) is 24.4. The van der Waals surface area contributed by atoms with Crippen molar-refractivity contribution >= 4 is 176 Å². The van der Waals surface area contributed by atoms with E-state index in [-0.39, 0.29) is 0 Å². The number of thioether (sulfide) groups is 4. The Kier molecular flexibility index (Phi) is 59.7. The second-order valence-corrected chi connectivity index (χ2v) is 31.9. The molecule has 0 rings (SSSR count). The van der Waals surface area contributed by atoms with E-state index in [1.165, 1.54) is 194 Å². The summed E-state index contributed by atoms with van der Waals surface area (Å²) >= 11 is 12.8. The zero-order valence-corrected chi connectivity index (χ0v) is 43.3. The monoisotopic (exact) mass is 976 g/mol. The van der Waals surface area contributed by atoms with Gasteiger partial charge in [-0.1, -0.05) is 186 Å². The third-order valence-electron chi connectivity index (χ3n) is 6.68. The van der Waals surface area contributed by atoms with Crippen molar-refractivity contribution < 1.29 is 0 Å². The van der Waals surface area contributed by atoms with Crippen LogP contribution in [0.5, 0.6) is 0 Å². The van der Waals surface area contributed by atoms with E-state index in [2.05, 4.69) is 152 Å². The topological polar surface area (TPSA) is 0 Å². The van der Waals surface area contributed by atoms with E-state index in [0.29, 0.717) is 0 Å². The summed E-state index contributed by atoms with van der Waals surface area (Å²) < 4.78 is 0. The number of hydrogen-bond donors (Lipinski definition) is 1. The molecule has 0 atom stereocenters. The van der Waals surface area contributed by atoms with Gasteiger partial charge in [-0.05, 0) is 74.8 Å². The Hall–Kier alpha value is 5.60. The van der Waals surface area contributed by atoms with Crippen LogP contribution in [0.3, 0.4) is 0 Å². The summed E-state index contributed by atoms with van der Waals surface area (Å²) in [4.78, 5) is 0. The molecule has 0 heterocycles. The Morgan fingerprint density at radius 1 is 0.286 bits per heavy atom. The van der Waals surface area contributed by atoms with Gasteiger partial charge in [-0.15, -0.1) is 0 Å². The molecular formula is C33H68S16. The van der Waals surface area contributed by atoms with Crippen LogP contribution in [0.25, 0.3) is 0 Å². The molecule has 0 spiro atoms. The minimum absolute atomic E-state index is 1.23. The van der Waals surface area contributed by atoms with Gasteiger partial charge in [0.25, 0.3) is 0 Å². The molecule has 0 aromatic carbocycles. The molecule has 0 nitrogen and oxygen atoms in total. The molecule has 0 unspecified atom stereocenters. The molecule has 16 heteroatoms. The van der Waals surface area contributed by atoms with Gasteiger partial charge in [0.1, 0.15) is 0 Å². The van der Waals surface area contributed by atoms with Crippen molar-refractivity contribution in [2.45, 2.75) is 110 Å². The van der Waals surface area contributed by atoms with E-state index in [4.69, 9.17) is 0 Å². The molecular weight excluding hydrogens is 909 g/mol. The highest BCUT2D eigenvalue weighted by Gasteiger charge is 1.99. The third kappa shape index (κ3) is 53.6. The molecule has 0 radical (unpaired) electrons. The van der Waals surface area contributed by atoms with Gasteiger partial charge in [-0.25, -0.2) is 0 Å². The molecule has 0 saturated carbocycles. The highest BCUT2D eigenvalue weighted by Crippen LogP contribution is 2.36. The highest BCUT2D eigenvalue weighted by atomic mass is 33.5. The van der Waals surface area contributed by atoms with Crippen LogP contribution in [-0.4, -0.2) is 91.4 Å². The number of thiol groups is 1. The van der Waals surface area contributed by atoms with Crippen LogP contribution in [-0.2, 0) is 0 Å². The quantitative estimate of drug-likeness (QED) is 0.0266. The van der Waals surface area contributed by atoms with E-state index < -0.39 is 0 Å². The fourth-order valence-corrected chi connectivity index (χ4v) is 23.0. The van der Waals surface area contributed by atoms with Crippen LogP contribution in [0.15, 0.2) is 0 Å². The molecule has 0 amide bonds. The fraction of sp³-hybridized carbons (Fsp3) is 1.00. The molecule has 0 aliphatic rings. The molecule has 0 bridgehead atoms. The van der Waals surface area contributed by atoms with Crippen molar-refractivity contribution in [3.63, 3.8) is 0 Å². The highest BCUT2D eigenvalue weighted by molar-refractivity contribution is 9.09. The Bertz CT molecular complexity index is 521. The molecule has 0 aliphatic heterocycles. The van der Waals surface area contributed by atoms with Gasteiger partial charge in [0.05, 0.1) is 5.08 Å². The maximum Gasteiger partial charge on any atom is 0.0600 e. The first kappa shape index (κ1) is 54.6. The summed E-state index contributed by atoms with van der Waals surface area (Å²) in [6, 6.07) is 0. The van der Waals surface area contributed by atoms with Crippen molar-refractivity contribution in [1.29, 1.82) is 0 Å². The molecule has 0 saturated heterocycles. The van der Waals surface area contributed by atoms with Gasteiger partial charge in [0, 0.05) is 63.3 Å². The number of unbranched alkanes of at least 4 members (excludes halogenated alkanes) is 12. The standard InChI is InChI=1S/C33H68S16/c1-2-3-4-5-7-10-13-18-35-20-17-24-44-49-45-32-31-42-41-29-27-38-26-25-37-21-16-23-40-47-33-46-39-22-15-12-9-6-8-11-14-19-36-28-30-43-48-34/h34H,2-33H2,1H3. The largest absolute Gasteiger partial charge is 0.162 e. The molecule has 0 aliphatic carbocycles. The minimum atomic E-state index is 1.23. The maximum atomic E-state index is 4.16. The number of hydrogen-bond acceptors (Lipinski definition) is 16. The molecule has 296 valence electrons. The lowest BCUT2D eigenvalue weighted by molar-refractivity contribution is 0.603. The van der Waals surface area contributed by atoms with E-state index in [0.717, 1.165) is 0 Å². The van der Waals surface area contributed by atoms with Gasteiger partial charge in [-0.2, -0.15) is 47.0 Å². The lowest BCUT2D eigenvalue weighted by atomic mass is 10.1. The lowest BCUT2D eigenvalue weighted by Crippen LogP contribution is -1.91. The summed E-state index contributed by atoms with van der Waals surface area (Å²) in [6.07, 6.45) is 22.7. The van der Waals surface area contributed by atoms with E-state index in [1.54, 1.807) is 9.83 Å². The first-order valence-corrected chi connectivity index (χ1v) is 37.6. The van der Waals surface area contributed by atoms with Gasteiger partial charge in [0.2, 0.25) is 0 Å². The first-order valence-electron chi connectivity index (χ1n) is 18.3. The van der Waals surface area contributed by atoms with Crippen LogP contribution in [0.1, 0.15) is 110 Å². The molecule has 0 N–H and O–H groups in total. The van der Waals surface area contributed by atoms with Crippen LogP contribution in [0.2, 0.25) is 0 Å². The van der Waals surface area contributed by atoms with Crippen molar-refractivity contribution in [3.05, 3.63) is 0 Å². The molecule has 49 heavy (non-hydrogen) atoms. The van der Waals surface area contributed by atoms with Crippen LogP contribution in [0, 0.1) is 0 Å². The summed E-state index contributed by atoms with van der Waals surface area (Å²) in [6.45, 7) is 2.30. The van der Waals surface area contributed by atoms with E-state index in [1.807, 2.05) is 20.6 Å². The van der Waals surface area contributed by atoms with Crippen molar-refractivity contribution in [2.75, 3.05) is 91.4 Å². The zero-order chi connectivity index (χ0) is 35.2. The van der Waals surface area contributed by atoms with Crippen molar-refractivity contribution in [3.8, 4) is 0 Å². The average Bonchev–Trinajstić information content (AvgIpc) is 3.11. The molecule has 0 fully saturated rings. The predicted molar refractivity (Wildman–Crippen MR) is 280 cm³/mol. The molecule has 0 aromatic rings. The Balaban J connectivity index is 3.04. The SMILES string of the molecule is CCCCCCCCCSCCCSSSCCSSCCSCCSCCCSSCSSCCCCCCCCCSCCSSS. The third-order valence-corrected chi connectivity index (χ3v) is 26.7. The number of rotatable bonds is 46. The second-order valence-electron chi connectivity index (χ2n) is 11.0. The Morgan fingerprint density at radius 2 is 0.633 bits per heavy atom. The smallest absolute Gasteiger partial charge is 0.0600 e. The van der Waals surface area contributed by atoms with Crippen LogP contribution in [0.4, 0.5) is 0 Å². The van der Waals surface area contributed by atoms with E-state index >= 15 is 0 Å². The van der Waals surface area contributed by atoms with Gasteiger partial charge in [-0.3, -0.25) is 0 Å². The van der Waals surface area contributed by atoms with Gasteiger partial charge >= 0.3 is 0 Å². The summed E-state index contributed by atoms with van der Waals surface area (Å²) in [5.41, 5.74) is 0. The predicted octanol–water partition coefficient (Wildman–Crippen LogP) is 17.5. The van der Waals surface area contributed by atoms with Crippen LogP contribution < -0.4 is 0 Å². The summed E-state index contributed by atoms with van der Waals surface area (Å²) in [5.74, 6) is 19.7. The zero-order valence-electron chi connectivity index (χ0n) is 30.2. The fourth-order valence-electron chi connectivity index (χ4n) is 4.09.